The Morgan fingerprint density at radius 1 is 1.16 bits per heavy atom. The van der Waals surface area contributed by atoms with E-state index in [4.69, 9.17) is 17.3 Å². The van der Waals surface area contributed by atoms with Gasteiger partial charge in [0.25, 0.3) is 0 Å². The molecule has 0 spiro atoms. The molecule has 1 aliphatic carbocycles. The molecule has 19 heavy (non-hydrogen) atoms. The van der Waals surface area contributed by atoms with E-state index in [1.165, 1.54) is 5.56 Å². The van der Waals surface area contributed by atoms with E-state index in [1.54, 1.807) is 0 Å². The van der Waals surface area contributed by atoms with Crippen LogP contribution in [0.3, 0.4) is 0 Å². The van der Waals surface area contributed by atoms with Crippen molar-refractivity contribution in [2.75, 3.05) is 5.32 Å². The third kappa shape index (κ3) is 3.38. The molecule has 1 heterocycles. The van der Waals surface area contributed by atoms with E-state index in [2.05, 4.69) is 16.4 Å². The van der Waals surface area contributed by atoms with Gasteiger partial charge in [-0.1, -0.05) is 17.7 Å². The van der Waals surface area contributed by atoms with Gasteiger partial charge in [0.15, 0.2) is 0 Å². The summed E-state index contributed by atoms with van der Waals surface area (Å²) in [6.45, 7) is 0. The van der Waals surface area contributed by atoms with Crippen molar-refractivity contribution < 1.29 is 0 Å². The smallest absolute Gasteiger partial charge is 0.130 e. The van der Waals surface area contributed by atoms with Gasteiger partial charge in [-0.05, 0) is 42.3 Å². The standard InChI is InChI=1S/C14H14ClN3.ClH/c15-10-2-4-11(5-3-10)18-14-6-1-9(8-17-14)12-7-13(12)16;/h1-6,8,12-13H,7,16H2,(H,17,18);1H. The SMILES string of the molecule is Cl.NC1CC1c1ccc(Nc2ccc(Cl)cc2)nc1. The van der Waals surface area contributed by atoms with Crippen molar-refractivity contribution in [3.8, 4) is 0 Å². The summed E-state index contributed by atoms with van der Waals surface area (Å²) >= 11 is 5.84. The van der Waals surface area contributed by atoms with Gasteiger partial charge >= 0.3 is 0 Å². The average molecular weight is 296 g/mol. The summed E-state index contributed by atoms with van der Waals surface area (Å²) in [7, 11) is 0. The Bertz CT molecular complexity index is 540. The molecule has 0 aliphatic heterocycles. The van der Waals surface area contributed by atoms with Crippen molar-refractivity contribution in [3.63, 3.8) is 0 Å². The lowest BCUT2D eigenvalue weighted by Gasteiger charge is -2.06. The highest BCUT2D eigenvalue weighted by atomic mass is 35.5. The number of pyridine rings is 1. The molecule has 0 saturated heterocycles. The average Bonchev–Trinajstić information content (AvgIpc) is 3.10. The molecule has 0 radical (unpaired) electrons. The third-order valence-corrected chi connectivity index (χ3v) is 3.42. The second-order valence-corrected chi connectivity index (χ2v) is 5.05. The van der Waals surface area contributed by atoms with E-state index in [9.17, 15) is 0 Å². The zero-order valence-corrected chi connectivity index (χ0v) is 11.8. The predicted octanol–water partition coefficient (Wildman–Crippen LogP) is 3.72. The molecule has 5 heteroatoms. The van der Waals surface area contributed by atoms with Gasteiger partial charge in [-0.2, -0.15) is 0 Å². The Hall–Kier alpha value is -1.29. The molecule has 3 nitrogen and oxygen atoms in total. The zero-order chi connectivity index (χ0) is 12.5. The van der Waals surface area contributed by atoms with E-state index < -0.39 is 0 Å². The zero-order valence-electron chi connectivity index (χ0n) is 10.2. The lowest BCUT2D eigenvalue weighted by atomic mass is 10.2. The van der Waals surface area contributed by atoms with Crippen LogP contribution in [0.25, 0.3) is 0 Å². The Morgan fingerprint density at radius 2 is 1.84 bits per heavy atom. The number of hydrogen-bond acceptors (Lipinski definition) is 3. The molecule has 0 amide bonds. The van der Waals surface area contributed by atoms with Crippen molar-refractivity contribution in [2.45, 2.75) is 18.4 Å². The summed E-state index contributed by atoms with van der Waals surface area (Å²) in [5.41, 5.74) is 8.02. The Morgan fingerprint density at radius 3 is 2.37 bits per heavy atom. The van der Waals surface area contributed by atoms with Gasteiger partial charge in [0.05, 0.1) is 0 Å². The highest BCUT2D eigenvalue weighted by Crippen LogP contribution is 2.38. The molecule has 1 saturated carbocycles. The van der Waals surface area contributed by atoms with Gasteiger partial charge in [0.1, 0.15) is 5.82 Å². The lowest BCUT2D eigenvalue weighted by molar-refractivity contribution is 0.981. The number of nitrogens with zero attached hydrogens (tertiary/aromatic N) is 1. The molecule has 1 aromatic carbocycles. The molecular weight excluding hydrogens is 281 g/mol. The van der Waals surface area contributed by atoms with Crippen molar-refractivity contribution in [1.82, 2.24) is 4.98 Å². The van der Waals surface area contributed by atoms with Crippen molar-refractivity contribution in [2.24, 2.45) is 5.73 Å². The second-order valence-electron chi connectivity index (χ2n) is 4.61. The van der Waals surface area contributed by atoms with Gasteiger partial charge < -0.3 is 11.1 Å². The second kappa shape index (κ2) is 5.78. The van der Waals surface area contributed by atoms with Crippen LogP contribution in [0.2, 0.25) is 5.02 Å². The number of hydrogen-bond donors (Lipinski definition) is 2. The highest BCUT2D eigenvalue weighted by molar-refractivity contribution is 6.30. The molecule has 1 fully saturated rings. The summed E-state index contributed by atoms with van der Waals surface area (Å²) in [5.74, 6) is 1.33. The molecule has 2 aromatic rings. The predicted molar refractivity (Wildman–Crippen MR) is 81.6 cm³/mol. The Labute approximate surface area is 123 Å². The van der Waals surface area contributed by atoms with E-state index in [-0.39, 0.29) is 12.4 Å². The maximum atomic E-state index is 5.84. The number of rotatable bonds is 3. The summed E-state index contributed by atoms with van der Waals surface area (Å²) in [4.78, 5) is 4.39. The van der Waals surface area contributed by atoms with Crippen molar-refractivity contribution >= 4 is 35.5 Å². The molecule has 1 aliphatic rings. The maximum Gasteiger partial charge on any atom is 0.130 e. The first-order valence-corrected chi connectivity index (χ1v) is 6.34. The lowest BCUT2D eigenvalue weighted by Crippen LogP contribution is -2.01. The van der Waals surface area contributed by atoms with E-state index >= 15 is 0 Å². The molecule has 0 bridgehead atoms. The Balaban J connectivity index is 0.00000133. The van der Waals surface area contributed by atoms with Crippen LogP contribution in [-0.4, -0.2) is 11.0 Å². The third-order valence-electron chi connectivity index (χ3n) is 3.17. The number of anilines is 2. The fraction of sp³-hybridized carbons (Fsp3) is 0.214. The molecular formula is C14H15Cl2N3. The van der Waals surface area contributed by atoms with E-state index in [0.717, 1.165) is 22.9 Å². The minimum atomic E-state index is 0. The molecule has 3 N–H and O–H groups in total. The largest absolute Gasteiger partial charge is 0.340 e. The highest BCUT2D eigenvalue weighted by Gasteiger charge is 2.34. The summed E-state index contributed by atoms with van der Waals surface area (Å²) in [6, 6.07) is 11.9. The van der Waals surface area contributed by atoms with E-state index in [1.807, 2.05) is 36.5 Å². The number of halogens is 2. The maximum absolute atomic E-state index is 5.84. The molecule has 2 atom stereocenters. The quantitative estimate of drug-likeness (QED) is 0.907. The number of nitrogens with two attached hydrogens (primary N) is 1. The topological polar surface area (TPSA) is 50.9 Å². The number of nitrogens with one attached hydrogen (secondary N) is 1. The van der Waals surface area contributed by atoms with Crippen LogP contribution >= 0.6 is 24.0 Å². The minimum absolute atomic E-state index is 0. The van der Waals surface area contributed by atoms with Crippen molar-refractivity contribution in [1.29, 1.82) is 0 Å². The van der Waals surface area contributed by atoms with Gasteiger partial charge in [0, 0.05) is 28.9 Å². The number of benzene rings is 1. The van der Waals surface area contributed by atoms with Gasteiger partial charge in [-0.15, -0.1) is 12.4 Å². The van der Waals surface area contributed by atoms with Crippen LogP contribution in [0.4, 0.5) is 11.5 Å². The first-order chi connectivity index (χ1) is 8.72. The summed E-state index contributed by atoms with van der Waals surface area (Å²) < 4.78 is 0. The first-order valence-electron chi connectivity index (χ1n) is 5.96. The minimum Gasteiger partial charge on any atom is -0.340 e. The molecule has 3 rings (SSSR count). The van der Waals surface area contributed by atoms with Crippen LogP contribution in [-0.2, 0) is 0 Å². The van der Waals surface area contributed by atoms with Crippen LogP contribution in [0, 0.1) is 0 Å². The van der Waals surface area contributed by atoms with Crippen LogP contribution < -0.4 is 11.1 Å². The van der Waals surface area contributed by atoms with Gasteiger partial charge in [0.2, 0.25) is 0 Å². The first kappa shape index (κ1) is 14.1. The van der Waals surface area contributed by atoms with Crippen LogP contribution in [0.5, 0.6) is 0 Å². The van der Waals surface area contributed by atoms with Crippen LogP contribution in [0.15, 0.2) is 42.6 Å². The fourth-order valence-corrected chi connectivity index (χ4v) is 2.10. The monoisotopic (exact) mass is 295 g/mol. The van der Waals surface area contributed by atoms with E-state index in [0.29, 0.717) is 12.0 Å². The number of aromatic nitrogens is 1. The normalized spacial score (nSPS) is 20.5. The van der Waals surface area contributed by atoms with Gasteiger partial charge in [-0.3, -0.25) is 0 Å². The van der Waals surface area contributed by atoms with Crippen molar-refractivity contribution in [3.05, 3.63) is 53.2 Å². The van der Waals surface area contributed by atoms with Crippen LogP contribution in [0.1, 0.15) is 17.9 Å². The summed E-state index contributed by atoms with van der Waals surface area (Å²) in [5, 5.41) is 3.96. The molecule has 1 aromatic heterocycles. The Kier molecular flexibility index (Phi) is 4.30. The fourth-order valence-electron chi connectivity index (χ4n) is 1.98. The molecule has 100 valence electrons. The molecule has 2 unspecified atom stereocenters. The summed E-state index contributed by atoms with van der Waals surface area (Å²) in [6.07, 6.45) is 2.97. The van der Waals surface area contributed by atoms with Gasteiger partial charge in [-0.25, -0.2) is 4.98 Å².